The van der Waals surface area contributed by atoms with Crippen LogP contribution < -0.4 is 10.9 Å². The highest BCUT2D eigenvalue weighted by atomic mass is 16.1. The molecule has 5 nitrogen and oxygen atoms in total. The predicted molar refractivity (Wildman–Crippen MR) is 58.6 cm³/mol. The van der Waals surface area contributed by atoms with E-state index in [1.54, 1.807) is 7.05 Å². The molecular weight excluding hydrogens is 192 g/mol. The summed E-state index contributed by atoms with van der Waals surface area (Å²) < 4.78 is 1.50. The Kier molecular flexibility index (Phi) is 2.47. The lowest BCUT2D eigenvalue weighted by Crippen LogP contribution is -2.19. The molecule has 0 spiro atoms. The van der Waals surface area contributed by atoms with Gasteiger partial charge in [0.25, 0.3) is 5.56 Å². The lowest BCUT2D eigenvalue weighted by molar-refractivity contribution is 0.734. The van der Waals surface area contributed by atoms with E-state index < -0.39 is 0 Å². The minimum absolute atomic E-state index is 0.0144. The molecule has 0 aromatic carbocycles. The minimum atomic E-state index is 0.0144. The molecule has 0 amide bonds. The van der Waals surface area contributed by atoms with Crippen LogP contribution in [0.3, 0.4) is 0 Å². The van der Waals surface area contributed by atoms with Crippen LogP contribution >= 0.6 is 0 Å². The highest BCUT2D eigenvalue weighted by molar-refractivity contribution is 5.61. The molecular formula is C10H14N4O. The number of aromatic amines is 2. The zero-order valence-electron chi connectivity index (χ0n) is 8.79. The first-order valence-corrected chi connectivity index (χ1v) is 4.79. The second kappa shape index (κ2) is 3.78. The van der Waals surface area contributed by atoms with Crippen molar-refractivity contribution in [3.05, 3.63) is 34.4 Å². The summed E-state index contributed by atoms with van der Waals surface area (Å²) in [7, 11) is 3.55. The first kappa shape index (κ1) is 9.79. The van der Waals surface area contributed by atoms with E-state index in [1.807, 2.05) is 25.5 Å². The number of aromatic nitrogens is 3. The molecule has 2 rings (SSSR count). The summed E-state index contributed by atoms with van der Waals surface area (Å²) in [5.74, 6) is 0. The Labute approximate surface area is 87.1 Å². The third-order valence-corrected chi connectivity index (χ3v) is 2.38. The van der Waals surface area contributed by atoms with Crippen molar-refractivity contribution in [1.82, 2.24) is 20.1 Å². The fraction of sp³-hybridized carbons (Fsp3) is 0.300. The maximum Gasteiger partial charge on any atom is 0.271 e. The number of H-pyrrole nitrogens is 2. The number of hydrogen-bond donors (Lipinski definition) is 3. The van der Waals surface area contributed by atoms with Crippen LogP contribution in [0.4, 0.5) is 0 Å². The van der Waals surface area contributed by atoms with Gasteiger partial charge >= 0.3 is 0 Å². The van der Waals surface area contributed by atoms with E-state index >= 15 is 0 Å². The van der Waals surface area contributed by atoms with E-state index in [9.17, 15) is 4.79 Å². The molecule has 5 heteroatoms. The molecule has 0 saturated heterocycles. The van der Waals surface area contributed by atoms with Gasteiger partial charge in [-0.05, 0) is 13.1 Å². The second-order valence-corrected chi connectivity index (χ2v) is 3.46. The molecule has 0 aliphatic heterocycles. The quantitative estimate of drug-likeness (QED) is 0.681. The van der Waals surface area contributed by atoms with E-state index in [0.717, 1.165) is 16.8 Å². The lowest BCUT2D eigenvalue weighted by Gasteiger charge is -1.98. The summed E-state index contributed by atoms with van der Waals surface area (Å²) in [5, 5.41) is 6.04. The SMILES string of the molecule is CNCc1c(-c2cc[nH]c2)[nH]n(C)c1=O. The predicted octanol–water partition coefficient (Wildman–Crippen LogP) is 0.428. The zero-order chi connectivity index (χ0) is 10.8. The van der Waals surface area contributed by atoms with Crippen molar-refractivity contribution in [3.63, 3.8) is 0 Å². The maximum atomic E-state index is 11.8. The van der Waals surface area contributed by atoms with Crippen molar-refractivity contribution >= 4 is 0 Å². The van der Waals surface area contributed by atoms with Crippen LogP contribution in [0.1, 0.15) is 5.56 Å². The molecule has 0 bridgehead atoms. The molecule has 2 aromatic heterocycles. The lowest BCUT2D eigenvalue weighted by atomic mass is 10.1. The van der Waals surface area contributed by atoms with Crippen molar-refractivity contribution in [1.29, 1.82) is 0 Å². The van der Waals surface area contributed by atoms with Crippen LogP contribution in [-0.4, -0.2) is 21.8 Å². The van der Waals surface area contributed by atoms with E-state index in [2.05, 4.69) is 15.4 Å². The van der Waals surface area contributed by atoms with Crippen LogP contribution in [0, 0.1) is 0 Å². The summed E-state index contributed by atoms with van der Waals surface area (Å²) >= 11 is 0. The second-order valence-electron chi connectivity index (χ2n) is 3.46. The largest absolute Gasteiger partial charge is 0.367 e. The van der Waals surface area contributed by atoms with Gasteiger partial charge in [0.15, 0.2) is 0 Å². The van der Waals surface area contributed by atoms with Gasteiger partial charge in [0.1, 0.15) is 0 Å². The molecule has 3 N–H and O–H groups in total. The fourth-order valence-corrected chi connectivity index (χ4v) is 1.65. The van der Waals surface area contributed by atoms with Crippen LogP contribution in [0.25, 0.3) is 11.3 Å². The Bertz CT molecular complexity index is 492. The Morgan fingerprint density at radius 2 is 2.33 bits per heavy atom. The van der Waals surface area contributed by atoms with Gasteiger partial charge in [-0.25, -0.2) is 0 Å². The van der Waals surface area contributed by atoms with E-state index in [-0.39, 0.29) is 5.56 Å². The van der Waals surface area contributed by atoms with E-state index in [0.29, 0.717) is 6.54 Å². The number of nitrogens with zero attached hydrogens (tertiary/aromatic N) is 1. The number of nitrogens with one attached hydrogen (secondary N) is 3. The van der Waals surface area contributed by atoms with Gasteiger partial charge in [0.05, 0.1) is 11.3 Å². The summed E-state index contributed by atoms with van der Waals surface area (Å²) in [6.45, 7) is 0.566. The third kappa shape index (κ3) is 1.61. The summed E-state index contributed by atoms with van der Waals surface area (Å²) in [6.07, 6.45) is 3.70. The summed E-state index contributed by atoms with van der Waals surface area (Å²) in [6, 6.07) is 1.93. The molecule has 0 radical (unpaired) electrons. The normalized spacial score (nSPS) is 10.8. The van der Waals surface area contributed by atoms with Crippen LogP contribution in [0.15, 0.2) is 23.3 Å². The van der Waals surface area contributed by atoms with E-state index in [1.165, 1.54) is 4.68 Å². The topological polar surface area (TPSA) is 65.6 Å². The van der Waals surface area contributed by atoms with Crippen molar-refractivity contribution < 1.29 is 0 Å². The Balaban J connectivity index is 2.56. The van der Waals surface area contributed by atoms with Gasteiger partial charge in [-0.15, -0.1) is 0 Å². The van der Waals surface area contributed by atoms with Gasteiger partial charge in [-0.2, -0.15) is 0 Å². The molecule has 80 valence electrons. The van der Waals surface area contributed by atoms with Gasteiger partial charge < -0.3 is 10.3 Å². The molecule has 15 heavy (non-hydrogen) atoms. The average Bonchev–Trinajstić information content (AvgIpc) is 2.81. The van der Waals surface area contributed by atoms with Gasteiger partial charge in [0, 0.05) is 31.5 Å². The highest BCUT2D eigenvalue weighted by Gasteiger charge is 2.13. The van der Waals surface area contributed by atoms with E-state index in [4.69, 9.17) is 0 Å². The van der Waals surface area contributed by atoms with Crippen molar-refractivity contribution in [2.75, 3.05) is 7.05 Å². The number of rotatable bonds is 3. The summed E-state index contributed by atoms with van der Waals surface area (Å²) in [4.78, 5) is 14.7. The Morgan fingerprint density at radius 1 is 1.53 bits per heavy atom. The molecule has 2 heterocycles. The zero-order valence-corrected chi connectivity index (χ0v) is 8.79. The summed E-state index contributed by atoms with van der Waals surface area (Å²) in [5.41, 5.74) is 2.65. The van der Waals surface area contributed by atoms with Crippen molar-refractivity contribution in [3.8, 4) is 11.3 Å². The van der Waals surface area contributed by atoms with Crippen molar-refractivity contribution in [2.24, 2.45) is 7.05 Å². The first-order valence-electron chi connectivity index (χ1n) is 4.79. The number of aryl methyl sites for hydroxylation is 1. The van der Waals surface area contributed by atoms with Gasteiger partial charge in [0.2, 0.25) is 0 Å². The Hall–Kier alpha value is -1.75. The molecule has 2 aromatic rings. The molecule has 0 saturated carbocycles. The highest BCUT2D eigenvalue weighted by Crippen LogP contribution is 2.18. The fourth-order valence-electron chi connectivity index (χ4n) is 1.65. The van der Waals surface area contributed by atoms with Gasteiger partial charge in [-0.3, -0.25) is 14.6 Å². The van der Waals surface area contributed by atoms with Crippen molar-refractivity contribution in [2.45, 2.75) is 6.54 Å². The Morgan fingerprint density at radius 3 is 2.93 bits per heavy atom. The average molecular weight is 206 g/mol. The van der Waals surface area contributed by atoms with Gasteiger partial charge in [-0.1, -0.05) is 0 Å². The molecule has 0 aliphatic rings. The maximum absolute atomic E-state index is 11.8. The monoisotopic (exact) mass is 206 g/mol. The molecule has 0 aliphatic carbocycles. The minimum Gasteiger partial charge on any atom is -0.367 e. The third-order valence-electron chi connectivity index (χ3n) is 2.38. The molecule has 0 atom stereocenters. The van der Waals surface area contributed by atoms with Crippen LogP contribution in [0.5, 0.6) is 0 Å². The van der Waals surface area contributed by atoms with Crippen LogP contribution in [0.2, 0.25) is 0 Å². The molecule has 0 unspecified atom stereocenters. The van der Waals surface area contributed by atoms with Crippen LogP contribution in [-0.2, 0) is 13.6 Å². The number of hydrogen-bond acceptors (Lipinski definition) is 2. The smallest absolute Gasteiger partial charge is 0.271 e. The standard InChI is InChI=1S/C10H14N4O/c1-11-6-8-9(7-3-4-12-5-7)13-14(2)10(8)15/h3-5,11-13H,6H2,1-2H3. The molecule has 0 fully saturated rings. The first-order chi connectivity index (χ1) is 7.24.